The summed E-state index contributed by atoms with van der Waals surface area (Å²) in [6, 6.07) is 6.50. The molecule has 1 aromatic carbocycles. The molecule has 6 nitrogen and oxygen atoms in total. The first-order chi connectivity index (χ1) is 8.56. The number of hydrogen-bond donors (Lipinski definition) is 1. The molecule has 1 aliphatic rings. The van der Waals surface area contributed by atoms with E-state index in [9.17, 15) is 14.9 Å². The molecule has 0 aromatic heterocycles. The van der Waals surface area contributed by atoms with Crippen molar-refractivity contribution in [2.75, 3.05) is 18.5 Å². The highest BCUT2D eigenvalue weighted by Crippen LogP contribution is 2.20. The van der Waals surface area contributed by atoms with E-state index in [2.05, 4.69) is 5.32 Å². The molecule has 0 bridgehead atoms. The number of nitro benzene ring substituents is 1. The van der Waals surface area contributed by atoms with Gasteiger partial charge < -0.3 is 10.2 Å². The SMILES string of the molecule is CN(CC(=O)NC1CC1)c1ccc([N+](=O)[O-])cc1. The van der Waals surface area contributed by atoms with E-state index in [4.69, 9.17) is 0 Å². The third-order valence-corrected chi connectivity index (χ3v) is 2.82. The Labute approximate surface area is 105 Å². The summed E-state index contributed by atoms with van der Waals surface area (Å²) in [4.78, 5) is 23.4. The fraction of sp³-hybridized carbons (Fsp3) is 0.417. The molecule has 0 radical (unpaired) electrons. The minimum absolute atomic E-state index is 0.0154. The summed E-state index contributed by atoms with van der Waals surface area (Å²) in [5.41, 5.74) is 0.834. The number of amides is 1. The van der Waals surface area contributed by atoms with Crippen LogP contribution in [0.25, 0.3) is 0 Å². The summed E-state index contributed by atoms with van der Waals surface area (Å²) in [7, 11) is 1.79. The predicted octanol–water partition coefficient (Wildman–Crippen LogP) is 1.31. The van der Waals surface area contributed by atoms with E-state index in [1.165, 1.54) is 12.1 Å². The quantitative estimate of drug-likeness (QED) is 0.630. The van der Waals surface area contributed by atoms with Crippen LogP contribution in [0.2, 0.25) is 0 Å². The van der Waals surface area contributed by atoms with Crippen LogP contribution >= 0.6 is 0 Å². The number of nitrogens with zero attached hydrogens (tertiary/aromatic N) is 2. The van der Waals surface area contributed by atoms with Crippen molar-refractivity contribution < 1.29 is 9.72 Å². The number of non-ortho nitro benzene ring substituents is 1. The summed E-state index contributed by atoms with van der Waals surface area (Å²) in [5, 5.41) is 13.4. The maximum Gasteiger partial charge on any atom is 0.269 e. The second-order valence-electron chi connectivity index (χ2n) is 4.47. The molecule has 1 aromatic rings. The molecule has 0 saturated heterocycles. The van der Waals surface area contributed by atoms with E-state index < -0.39 is 4.92 Å². The molecule has 1 N–H and O–H groups in total. The molecular formula is C12H15N3O3. The maximum absolute atomic E-state index is 11.6. The summed E-state index contributed by atoms with van der Waals surface area (Å²) < 4.78 is 0. The van der Waals surface area contributed by atoms with Gasteiger partial charge in [0.15, 0.2) is 0 Å². The lowest BCUT2D eigenvalue weighted by molar-refractivity contribution is -0.384. The highest BCUT2D eigenvalue weighted by atomic mass is 16.6. The van der Waals surface area contributed by atoms with Crippen molar-refractivity contribution in [1.29, 1.82) is 0 Å². The standard InChI is InChI=1S/C12H15N3O3/c1-14(8-12(16)13-9-2-3-9)10-4-6-11(7-5-10)15(17)18/h4-7,9H,2-3,8H2,1H3,(H,13,16). The van der Waals surface area contributed by atoms with Gasteiger partial charge in [-0.1, -0.05) is 0 Å². The zero-order valence-corrected chi connectivity index (χ0v) is 10.1. The van der Waals surface area contributed by atoms with Crippen LogP contribution in [0.3, 0.4) is 0 Å². The Morgan fingerprint density at radius 2 is 2.06 bits per heavy atom. The molecule has 96 valence electrons. The molecule has 1 saturated carbocycles. The van der Waals surface area contributed by atoms with Crippen LogP contribution in [0, 0.1) is 10.1 Å². The van der Waals surface area contributed by atoms with Gasteiger partial charge in [0.2, 0.25) is 5.91 Å². The first-order valence-corrected chi connectivity index (χ1v) is 5.81. The van der Waals surface area contributed by atoms with E-state index in [-0.39, 0.29) is 18.1 Å². The van der Waals surface area contributed by atoms with Crippen molar-refractivity contribution in [2.45, 2.75) is 18.9 Å². The van der Waals surface area contributed by atoms with E-state index in [1.807, 2.05) is 0 Å². The molecule has 6 heteroatoms. The van der Waals surface area contributed by atoms with Gasteiger partial charge in [0, 0.05) is 30.9 Å². The number of rotatable bonds is 5. The van der Waals surface area contributed by atoms with Gasteiger partial charge in [0.05, 0.1) is 11.5 Å². The van der Waals surface area contributed by atoms with Crippen LogP contribution in [-0.2, 0) is 4.79 Å². The van der Waals surface area contributed by atoms with Gasteiger partial charge in [-0.15, -0.1) is 0 Å². The first kappa shape index (κ1) is 12.3. The van der Waals surface area contributed by atoms with Crippen LogP contribution < -0.4 is 10.2 Å². The van der Waals surface area contributed by atoms with Crippen molar-refractivity contribution in [3.8, 4) is 0 Å². The maximum atomic E-state index is 11.6. The monoisotopic (exact) mass is 249 g/mol. The molecular weight excluding hydrogens is 234 g/mol. The van der Waals surface area contributed by atoms with Gasteiger partial charge in [-0.25, -0.2) is 0 Å². The predicted molar refractivity (Wildman–Crippen MR) is 67.5 cm³/mol. The second kappa shape index (κ2) is 5.03. The Hall–Kier alpha value is -2.11. The smallest absolute Gasteiger partial charge is 0.269 e. The van der Waals surface area contributed by atoms with Crippen molar-refractivity contribution in [3.05, 3.63) is 34.4 Å². The van der Waals surface area contributed by atoms with E-state index in [0.717, 1.165) is 18.5 Å². The number of nitro groups is 1. The molecule has 1 fully saturated rings. The first-order valence-electron chi connectivity index (χ1n) is 5.81. The lowest BCUT2D eigenvalue weighted by Gasteiger charge is -2.18. The number of nitrogens with one attached hydrogen (secondary N) is 1. The van der Waals surface area contributed by atoms with Crippen molar-refractivity contribution in [1.82, 2.24) is 5.32 Å². The van der Waals surface area contributed by atoms with E-state index >= 15 is 0 Å². The fourth-order valence-corrected chi connectivity index (χ4v) is 1.64. The van der Waals surface area contributed by atoms with Gasteiger partial charge in [0.25, 0.3) is 5.69 Å². The van der Waals surface area contributed by atoms with Gasteiger partial charge >= 0.3 is 0 Å². The summed E-state index contributed by atoms with van der Waals surface area (Å²) in [6.07, 6.45) is 2.12. The topological polar surface area (TPSA) is 75.5 Å². The van der Waals surface area contributed by atoms with Crippen LogP contribution in [0.1, 0.15) is 12.8 Å². The Morgan fingerprint density at radius 3 is 2.56 bits per heavy atom. The second-order valence-corrected chi connectivity index (χ2v) is 4.47. The molecule has 0 aliphatic heterocycles. The molecule has 1 aliphatic carbocycles. The summed E-state index contributed by atoms with van der Waals surface area (Å²) >= 11 is 0. The molecule has 0 atom stereocenters. The van der Waals surface area contributed by atoms with Gasteiger partial charge in [-0.3, -0.25) is 14.9 Å². The summed E-state index contributed by atoms with van der Waals surface area (Å²) in [6.45, 7) is 0.258. The highest BCUT2D eigenvalue weighted by molar-refractivity contribution is 5.81. The zero-order valence-electron chi connectivity index (χ0n) is 10.1. The Morgan fingerprint density at radius 1 is 1.44 bits per heavy atom. The summed E-state index contributed by atoms with van der Waals surface area (Å²) in [5.74, 6) is -0.0154. The van der Waals surface area contributed by atoms with Crippen LogP contribution in [0.15, 0.2) is 24.3 Å². The lowest BCUT2D eigenvalue weighted by Crippen LogP contribution is -2.36. The Balaban J connectivity index is 1.92. The lowest BCUT2D eigenvalue weighted by atomic mass is 10.2. The minimum Gasteiger partial charge on any atom is -0.365 e. The third-order valence-electron chi connectivity index (χ3n) is 2.82. The number of benzene rings is 1. The number of carbonyl (C=O) groups is 1. The largest absolute Gasteiger partial charge is 0.365 e. The molecule has 2 rings (SSSR count). The fourth-order valence-electron chi connectivity index (χ4n) is 1.64. The molecule has 0 unspecified atom stereocenters. The third kappa shape index (κ3) is 3.19. The highest BCUT2D eigenvalue weighted by Gasteiger charge is 2.23. The van der Waals surface area contributed by atoms with Crippen LogP contribution in [0.4, 0.5) is 11.4 Å². The number of anilines is 1. The van der Waals surface area contributed by atoms with Crippen molar-refractivity contribution >= 4 is 17.3 Å². The van der Waals surface area contributed by atoms with Crippen LogP contribution in [0.5, 0.6) is 0 Å². The Bertz CT molecular complexity index is 454. The number of hydrogen-bond acceptors (Lipinski definition) is 4. The molecule has 18 heavy (non-hydrogen) atoms. The number of likely N-dealkylation sites (N-methyl/N-ethyl adjacent to an activating group) is 1. The average molecular weight is 249 g/mol. The van der Waals surface area contributed by atoms with Crippen molar-refractivity contribution in [2.24, 2.45) is 0 Å². The normalized spacial score (nSPS) is 14.1. The molecule has 1 amide bonds. The van der Waals surface area contributed by atoms with E-state index in [1.54, 1.807) is 24.1 Å². The average Bonchev–Trinajstić information content (AvgIpc) is 3.12. The molecule has 0 spiro atoms. The van der Waals surface area contributed by atoms with Gasteiger partial charge in [0.1, 0.15) is 0 Å². The van der Waals surface area contributed by atoms with Gasteiger partial charge in [-0.2, -0.15) is 0 Å². The van der Waals surface area contributed by atoms with Crippen LogP contribution in [-0.4, -0.2) is 30.5 Å². The number of carbonyl (C=O) groups excluding carboxylic acids is 1. The van der Waals surface area contributed by atoms with E-state index in [0.29, 0.717) is 6.04 Å². The van der Waals surface area contributed by atoms with Gasteiger partial charge in [-0.05, 0) is 25.0 Å². The Kier molecular flexibility index (Phi) is 3.45. The van der Waals surface area contributed by atoms with Crippen molar-refractivity contribution in [3.63, 3.8) is 0 Å². The minimum atomic E-state index is -0.441. The zero-order chi connectivity index (χ0) is 13.1. The molecule has 0 heterocycles.